The van der Waals surface area contributed by atoms with E-state index in [1.807, 2.05) is 6.07 Å². The van der Waals surface area contributed by atoms with Crippen LogP contribution in [0.1, 0.15) is 51.9 Å². The molecule has 1 aromatic carbocycles. The molecule has 0 amide bonds. The summed E-state index contributed by atoms with van der Waals surface area (Å²) in [7, 11) is 0. The van der Waals surface area contributed by atoms with Crippen LogP contribution in [-0.4, -0.2) is 6.61 Å². The monoisotopic (exact) mass is 269 g/mol. The van der Waals surface area contributed by atoms with Crippen LogP contribution in [0, 0.1) is 0 Å². The molecular formula is C15H24ClNO. The van der Waals surface area contributed by atoms with E-state index in [0.29, 0.717) is 10.7 Å². The number of rotatable bonds is 9. The second-order valence-corrected chi connectivity index (χ2v) is 5.09. The van der Waals surface area contributed by atoms with Crippen LogP contribution in [0.2, 0.25) is 5.02 Å². The van der Waals surface area contributed by atoms with E-state index in [1.54, 1.807) is 12.1 Å². The van der Waals surface area contributed by atoms with Crippen molar-refractivity contribution in [1.82, 2.24) is 0 Å². The fraction of sp³-hybridized carbons (Fsp3) is 0.600. The van der Waals surface area contributed by atoms with E-state index < -0.39 is 0 Å². The number of hydrogen-bond acceptors (Lipinski definition) is 2. The quantitative estimate of drug-likeness (QED) is 0.503. The van der Waals surface area contributed by atoms with Crippen molar-refractivity contribution in [1.29, 1.82) is 0 Å². The number of halogens is 1. The first-order valence-corrected chi connectivity index (χ1v) is 7.29. The van der Waals surface area contributed by atoms with E-state index in [0.717, 1.165) is 18.8 Å². The Hall–Kier alpha value is -0.890. The number of unbranched alkanes of at least 4 members (excludes halogenated alkanes) is 6. The van der Waals surface area contributed by atoms with Gasteiger partial charge in [-0.15, -0.1) is 0 Å². The molecule has 0 aliphatic heterocycles. The molecule has 18 heavy (non-hydrogen) atoms. The van der Waals surface area contributed by atoms with Crippen molar-refractivity contribution in [3.05, 3.63) is 23.2 Å². The largest absolute Gasteiger partial charge is 0.491 e. The lowest BCUT2D eigenvalue weighted by atomic mass is 10.1. The Morgan fingerprint density at radius 3 is 2.39 bits per heavy atom. The first-order chi connectivity index (χ1) is 8.74. The van der Waals surface area contributed by atoms with Gasteiger partial charge in [0.05, 0.1) is 12.3 Å². The first kappa shape index (κ1) is 15.2. The van der Waals surface area contributed by atoms with Crippen LogP contribution in [0.25, 0.3) is 0 Å². The summed E-state index contributed by atoms with van der Waals surface area (Å²) in [4.78, 5) is 0. The maximum atomic E-state index is 5.83. The van der Waals surface area contributed by atoms with Crippen LogP contribution in [0.3, 0.4) is 0 Å². The fourth-order valence-corrected chi connectivity index (χ4v) is 2.07. The number of ether oxygens (including phenoxy) is 1. The highest BCUT2D eigenvalue weighted by molar-refractivity contribution is 6.30. The average molecular weight is 270 g/mol. The summed E-state index contributed by atoms with van der Waals surface area (Å²) in [5, 5.41) is 0.649. The van der Waals surface area contributed by atoms with Crippen LogP contribution in [0.4, 0.5) is 5.69 Å². The predicted octanol–water partition coefficient (Wildman–Crippen LogP) is 5.05. The van der Waals surface area contributed by atoms with E-state index in [2.05, 4.69) is 6.92 Å². The Morgan fingerprint density at radius 2 is 1.72 bits per heavy atom. The van der Waals surface area contributed by atoms with Gasteiger partial charge in [0.15, 0.2) is 0 Å². The Labute approximate surface area is 115 Å². The van der Waals surface area contributed by atoms with Gasteiger partial charge in [0.2, 0.25) is 0 Å². The predicted molar refractivity (Wildman–Crippen MR) is 79.4 cm³/mol. The second-order valence-electron chi connectivity index (χ2n) is 4.65. The van der Waals surface area contributed by atoms with Gasteiger partial charge in [-0.2, -0.15) is 0 Å². The van der Waals surface area contributed by atoms with Gasteiger partial charge in [0.25, 0.3) is 0 Å². The maximum absolute atomic E-state index is 5.83. The van der Waals surface area contributed by atoms with Gasteiger partial charge >= 0.3 is 0 Å². The van der Waals surface area contributed by atoms with Crippen LogP contribution < -0.4 is 10.5 Å². The number of benzene rings is 1. The van der Waals surface area contributed by atoms with Gasteiger partial charge in [-0.05, 0) is 24.6 Å². The number of nitrogen functional groups attached to an aromatic ring is 1. The number of anilines is 1. The minimum absolute atomic E-state index is 0.616. The van der Waals surface area contributed by atoms with E-state index in [4.69, 9.17) is 22.1 Å². The fourth-order valence-electron chi connectivity index (χ4n) is 1.89. The summed E-state index contributed by atoms with van der Waals surface area (Å²) < 4.78 is 5.64. The van der Waals surface area contributed by atoms with E-state index >= 15 is 0 Å². The Morgan fingerprint density at radius 1 is 1.06 bits per heavy atom. The molecule has 0 spiro atoms. The Kier molecular flexibility index (Phi) is 7.66. The molecule has 0 radical (unpaired) electrons. The lowest BCUT2D eigenvalue weighted by Crippen LogP contribution is -2.00. The molecule has 2 N–H and O–H groups in total. The molecule has 0 atom stereocenters. The van der Waals surface area contributed by atoms with Crippen LogP contribution in [0.15, 0.2) is 18.2 Å². The molecule has 0 aliphatic rings. The average Bonchev–Trinajstić information content (AvgIpc) is 2.35. The van der Waals surface area contributed by atoms with Crippen LogP contribution >= 0.6 is 11.6 Å². The Bertz CT molecular complexity index is 341. The molecule has 102 valence electrons. The van der Waals surface area contributed by atoms with Crippen molar-refractivity contribution >= 4 is 17.3 Å². The van der Waals surface area contributed by atoms with E-state index in [-0.39, 0.29) is 0 Å². The third kappa shape index (κ3) is 6.15. The molecule has 0 heterocycles. The zero-order valence-electron chi connectivity index (χ0n) is 11.3. The van der Waals surface area contributed by atoms with E-state index in [1.165, 1.54) is 38.5 Å². The summed E-state index contributed by atoms with van der Waals surface area (Å²) in [6.45, 7) is 2.98. The molecule has 0 saturated carbocycles. The molecule has 0 unspecified atom stereocenters. The van der Waals surface area contributed by atoms with Crippen molar-refractivity contribution in [2.24, 2.45) is 0 Å². The van der Waals surface area contributed by atoms with Crippen LogP contribution in [0.5, 0.6) is 5.75 Å². The molecular weight excluding hydrogens is 246 g/mol. The zero-order chi connectivity index (χ0) is 13.2. The number of nitrogens with two attached hydrogens (primary N) is 1. The van der Waals surface area contributed by atoms with Crippen LogP contribution in [-0.2, 0) is 0 Å². The van der Waals surface area contributed by atoms with Crippen molar-refractivity contribution in [3.8, 4) is 5.75 Å². The Balaban J connectivity index is 2.07. The minimum atomic E-state index is 0.616. The van der Waals surface area contributed by atoms with Gasteiger partial charge < -0.3 is 10.5 Å². The highest BCUT2D eigenvalue weighted by atomic mass is 35.5. The van der Waals surface area contributed by atoms with Crippen molar-refractivity contribution in [2.75, 3.05) is 12.3 Å². The zero-order valence-corrected chi connectivity index (χ0v) is 12.0. The molecule has 0 saturated heterocycles. The minimum Gasteiger partial charge on any atom is -0.491 e. The highest BCUT2D eigenvalue weighted by Crippen LogP contribution is 2.25. The molecule has 0 aromatic heterocycles. The van der Waals surface area contributed by atoms with Crippen molar-refractivity contribution in [2.45, 2.75) is 51.9 Å². The third-order valence-corrected chi connectivity index (χ3v) is 3.21. The standard InChI is InChI=1S/C15H24ClNO/c1-2-3-4-5-6-7-8-11-18-15-10-9-13(16)12-14(15)17/h9-10,12H,2-8,11,17H2,1H3. The SMILES string of the molecule is CCCCCCCCCOc1ccc(Cl)cc1N. The smallest absolute Gasteiger partial charge is 0.142 e. The molecule has 0 fully saturated rings. The highest BCUT2D eigenvalue weighted by Gasteiger charge is 2.00. The van der Waals surface area contributed by atoms with E-state index in [9.17, 15) is 0 Å². The molecule has 0 bridgehead atoms. The van der Waals surface area contributed by atoms with Gasteiger partial charge in [0.1, 0.15) is 5.75 Å². The molecule has 2 nitrogen and oxygen atoms in total. The molecule has 1 rings (SSSR count). The second kappa shape index (κ2) is 9.09. The third-order valence-electron chi connectivity index (χ3n) is 2.98. The molecule has 0 aliphatic carbocycles. The summed E-state index contributed by atoms with van der Waals surface area (Å²) in [6, 6.07) is 5.36. The van der Waals surface area contributed by atoms with Crippen molar-refractivity contribution < 1.29 is 4.74 Å². The van der Waals surface area contributed by atoms with Gasteiger partial charge in [-0.3, -0.25) is 0 Å². The normalized spacial score (nSPS) is 10.6. The molecule has 3 heteroatoms. The lowest BCUT2D eigenvalue weighted by Gasteiger charge is -2.08. The summed E-state index contributed by atoms with van der Waals surface area (Å²) in [5.41, 5.74) is 6.42. The lowest BCUT2D eigenvalue weighted by molar-refractivity contribution is 0.306. The van der Waals surface area contributed by atoms with Gasteiger partial charge in [-0.25, -0.2) is 0 Å². The molecule has 1 aromatic rings. The topological polar surface area (TPSA) is 35.2 Å². The summed E-state index contributed by atoms with van der Waals surface area (Å²) in [6.07, 6.45) is 9.00. The van der Waals surface area contributed by atoms with Gasteiger partial charge in [-0.1, -0.05) is 57.0 Å². The maximum Gasteiger partial charge on any atom is 0.142 e. The number of hydrogen-bond donors (Lipinski definition) is 1. The summed E-state index contributed by atoms with van der Waals surface area (Å²) in [5.74, 6) is 0.741. The first-order valence-electron chi connectivity index (χ1n) is 6.92. The summed E-state index contributed by atoms with van der Waals surface area (Å²) >= 11 is 5.83. The van der Waals surface area contributed by atoms with Crippen molar-refractivity contribution in [3.63, 3.8) is 0 Å². The van der Waals surface area contributed by atoms with Gasteiger partial charge in [0, 0.05) is 5.02 Å².